The van der Waals surface area contributed by atoms with Gasteiger partial charge >= 0.3 is 5.97 Å². The first kappa shape index (κ1) is 14.1. The number of ether oxygens (including phenoxy) is 1. The molecule has 1 atom stereocenters. The highest BCUT2D eigenvalue weighted by molar-refractivity contribution is 5.92. The van der Waals surface area contributed by atoms with Crippen LogP contribution in [0, 0.1) is 0 Å². The Kier molecular flexibility index (Phi) is 3.45. The molecular formula is C16H20N2O3. The maximum atomic E-state index is 11.2. The molecule has 5 nitrogen and oxygen atoms in total. The second-order valence-corrected chi connectivity index (χ2v) is 5.88. The molecule has 1 fully saturated rings. The van der Waals surface area contributed by atoms with E-state index >= 15 is 0 Å². The van der Waals surface area contributed by atoms with Gasteiger partial charge in [-0.05, 0) is 38.0 Å². The molecule has 0 amide bonds. The zero-order valence-electron chi connectivity index (χ0n) is 12.4. The van der Waals surface area contributed by atoms with Crippen LogP contribution in [-0.4, -0.2) is 33.8 Å². The van der Waals surface area contributed by atoms with E-state index in [0.29, 0.717) is 12.2 Å². The Morgan fingerprint density at radius 3 is 2.95 bits per heavy atom. The standard InChI is InChI=1S/C16H20N2O3/c1-3-14-17-12-6-5-11(15(19)20)9-13(12)18(14)16(2)7-4-8-21-10-16/h5-6,9H,3-4,7-8,10H2,1-2H3,(H,19,20). The lowest BCUT2D eigenvalue weighted by Crippen LogP contribution is -2.39. The second-order valence-electron chi connectivity index (χ2n) is 5.88. The van der Waals surface area contributed by atoms with E-state index in [1.807, 2.05) is 0 Å². The number of rotatable bonds is 3. The number of aromatic carboxylic acids is 1. The fourth-order valence-corrected chi connectivity index (χ4v) is 3.19. The first-order valence-electron chi connectivity index (χ1n) is 7.38. The van der Waals surface area contributed by atoms with Crippen molar-refractivity contribution in [2.24, 2.45) is 0 Å². The molecule has 1 saturated heterocycles. The van der Waals surface area contributed by atoms with Crippen LogP contribution in [0.15, 0.2) is 18.2 Å². The number of carboxylic acids is 1. The Morgan fingerprint density at radius 2 is 2.33 bits per heavy atom. The van der Waals surface area contributed by atoms with Crippen LogP contribution >= 0.6 is 0 Å². The van der Waals surface area contributed by atoms with Crippen LogP contribution in [0.2, 0.25) is 0 Å². The number of hydrogen-bond donors (Lipinski definition) is 1. The second kappa shape index (κ2) is 5.15. The van der Waals surface area contributed by atoms with Crippen molar-refractivity contribution in [3.05, 3.63) is 29.6 Å². The molecule has 0 radical (unpaired) electrons. The molecule has 1 aromatic heterocycles. The quantitative estimate of drug-likeness (QED) is 0.943. The van der Waals surface area contributed by atoms with Gasteiger partial charge in [0.25, 0.3) is 0 Å². The number of benzene rings is 1. The highest BCUT2D eigenvalue weighted by Gasteiger charge is 2.33. The van der Waals surface area contributed by atoms with Crippen molar-refractivity contribution in [3.8, 4) is 0 Å². The van der Waals surface area contributed by atoms with Gasteiger partial charge in [0.05, 0.1) is 28.7 Å². The number of aromatic nitrogens is 2. The maximum absolute atomic E-state index is 11.2. The minimum absolute atomic E-state index is 0.157. The zero-order valence-corrected chi connectivity index (χ0v) is 12.4. The van der Waals surface area contributed by atoms with E-state index in [9.17, 15) is 9.90 Å². The number of imidazole rings is 1. The summed E-state index contributed by atoms with van der Waals surface area (Å²) in [5, 5.41) is 9.22. The van der Waals surface area contributed by atoms with Gasteiger partial charge in [-0.3, -0.25) is 0 Å². The Hall–Kier alpha value is -1.88. The van der Waals surface area contributed by atoms with E-state index in [0.717, 1.165) is 42.7 Å². The van der Waals surface area contributed by atoms with Gasteiger partial charge in [0, 0.05) is 13.0 Å². The number of carboxylic acid groups (broad SMARTS) is 1. The largest absolute Gasteiger partial charge is 0.478 e. The van der Waals surface area contributed by atoms with E-state index in [2.05, 4.69) is 23.4 Å². The topological polar surface area (TPSA) is 64.3 Å². The predicted octanol–water partition coefficient (Wildman–Crippen LogP) is 2.82. The van der Waals surface area contributed by atoms with Crippen molar-refractivity contribution in [1.82, 2.24) is 9.55 Å². The molecule has 1 aliphatic heterocycles. The fraction of sp³-hybridized carbons (Fsp3) is 0.500. The van der Waals surface area contributed by atoms with Gasteiger partial charge in [0.15, 0.2) is 0 Å². The summed E-state index contributed by atoms with van der Waals surface area (Å²) in [6.07, 6.45) is 2.84. The Labute approximate surface area is 123 Å². The molecule has 1 N–H and O–H groups in total. The summed E-state index contributed by atoms with van der Waals surface area (Å²) < 4.78 is 7.86. The zero-order chi connectivity index (χ0) is 15.0. The number of hydrogen-bond acceptors (Lipinski definition) is 3. The summed E-state index contributed by atoms with van der Waals surface area (Å²) in [7, 11) is 0. The molecule has 1 aliphatic rings. The van der Waals surface area contributed by atoms with E-state index in [1.54, 1.807) is 18.2 Å². The third-order valence-corrected chi connectivity index (χ3v) is 4.24. The van der Waals surface area contributed by atoms with Gasteiger partial charge in [-0.25, -0.2) is 9.78 Å². The molecular weight excluding hydrogens is 268 g/mol. The molecule has 1 unspecified atom stereocenters. The normalized spacial score (nSPS) is 22.6. The van der Waals surface area contributed by atoms with Crippen LogP contribution < -0.4 is 0 Å². The van der Waals surface area contributed by atoms with Gasteiger partial charge < -0.3 is 14.4 Å². The van der Waals surface area contributed by atoms with Crippen LogP contribution in [0.25, 0.3) is 11.0 Å². The van der Waals surface area contributed by atoms with Crippen molar-refractivity contribution >= 4 is 17.0 Å². The van der Waals surface area contributed by atoms with Crippen LogP contribution in [0.3, 0.4) is 0 Å². The monoisotopic (exact) mass is 288 g/mol. The highest BCUT2D eigenvalue weighted by Crippen LogP contribution is 2.33. The van der Waals surface area contributed by atoms with E-state index < -0.39 is 5.97 Å². The molecule has 5 heteroatoms. The Bertz CT molecular complexity index is 684. The smallest absolute Gasteiger partial charge is 0.335 e. The lowest BCUT2D eigenvalue weighted by molar-refractivity contribution is 0.0102. The van der Waals surface area contributed by atoms with E-state index in [4.69, 9.17) is 4.74 Å². The number of carbonyl (C=O) groups is 1. The molecule has 2 heterocycles. The molecule has 1 aromatic carbocycles. The maximum Gasteiger partial charge on any atom is 0.335 e. The summed E-state index contributed by atoms with van der Waals surface area (Å²) in [5.41, 5.74) is 1.88. The highest BCUT2D eigenvalue weighted by atomic mass is 16.5. The van der Waals surface area contributed by atoms with Crippen molar-refractivity contribution in [3.63, 3.8) is 0 Å². The van der Waals surface area contributed by atoms with Gasteiger partial charge in [-0.1, -0.05) is 6.92 Å². The molecule has 2 aromatic rings. The first-order valence-corrected chi connectivity index (χ1v) is 7.38. The van der Waals surface area contributed by atoms with Gasteiger partial charge in [0.1, 0.15) is 5.82 Å². The summed E-state index contributed by atoms with van der Waals surface area (Å²) in [6.45, 7) is 5.68. The molecule has 0 spiro atoms. The summed E-state index contributed by atoms with van der Waals surface area (Å²) in [5.74, 6) is 0.0771. The third-order valence-electron chi connectivity index (χ3n) is 4.24. The van der Waals surface area contributed by atoms with Crippen molar-refractivity contribution in [2.75, 3.05) is 13.2 Å². The average Bonchev–Trinajstić information content (AvgIpc) is 2.86. The van der Waals surface area contributed by atoms with Gasteiger partial charge in [0.2, 0.25) is 0 Å². The first-order chi connectivity index (χ1) is 10.0. The van der Waals surface area contributed by atoms with E-state index in [-0.39, 0.29) is 5.54 Å². The minimum atomic E-state index is -0.909. The molecule has 0 saturated carbocycles. The Morgan fingerprint density at radius 1 is 1.52 bits per heavy atom. The Balaban J connectivity index is 2.22. The molecule has 112 valence electrons. The summed E-state index contributed by atoms with van der Waals surface area (Å²) >= 11 is 0. The molecule has 3 rings (SSSR count). The van der Waals surface area contributed by atoms with Crippen LogP contribution in [0.4, 0.5) is 0 Å². The van der Waals surface area contributed by atoms with Crippen LogP contribution in [-0.2, 0) is 16.7 Å². The van der Waals surface area contributed by atoms with Crippen molar-refractivity contribution < 1.29 is 14.6 Å². The number of nitrogens with zero attached hydrogens (tertiary/aromatic N) is 2. The van der Waals surface area contributed by atoms with Crippen LogP contribution in [0.1, 0.15) is 42.9 Å². The molecule has 0 bridgehead atoms. The lowest BCUT2D eigenvalue weighted by atomic mass is 9.93. The van der Waals surface area contributed by atoms with Gasteiger partial charge in [-0.15, -0.1) is 0 Å². The van der Waals surface area contributed by atoms with Gasteiger partial charge in [-0.2, -0.15) is 0 Å². The molecule has 0 aliphatic carbocycles. The van der Waals surface area contributed by atoms with Crippen molar-refractivity contribution in [2.45, 2.75) is 38.6 Å². The summed E-state index contributed by atoms with van der Waals surface area (Å²) in [6, 6.07) is 5.13. The lowest BCUT2D eigenvalue weighted by Gasteiger charge is -2.36. The summed E-state index contributed by atoms with van der Waals surface area (Å²) in [4.78, 5) is 15.9. The fourth-order valence-electron chi connectivity index (χ4n) is 3.19. The average molecular weight is 288 g/mol. The number of aryl methyl sites for hydroxylation is 1. The van der Waals surface area contributed by atoms with Crippen LogP contribution in [0.5, 0.6) is 0 Å². The van der Waals surface area contributed by atoms with Crippen molar-refractivity contribution in [1.29, 1.82) is 0 Å². The molecule has 21 heavy (non-hydrogen) atoms. The third kappa shape index (κ3) is 2.31. The SMILES string of the molecule is CCc1nc2ccc(C(=O)O)cc2n1C1(C)CCCOC1. The predicted molar refractivity (Wildman–Crippen MR) is 79.8 cm³/mol. The minimum Gasteiger partial charge on any atom is -0.478 e. The number of fused-ring (bicyclic) bond motifs is 1. The van der Waals surface area contributed by atoms with E-state index in [1.165, 1.54) is 0 Å².